The van der Waals surface area contributed by atoms with E-state index in [1.165, 1.54) is 12.1 Å². The Labute approximate surface area is 125 Å². The molecule has 5 nitrogen and oxygen atoms in total. The molecule has 0 heterocycles. The minimum absolute atomic E-state index is 0.204. The molecule has 0 aliphatic carbocycles. The minimum atomic E-state index is -3.39. The van der Waals surface area contributed by atoms with Crippen molar-refractivity contribution in [1.29, 1.82) is 0 Å². The van der Waals surface area contributed by atoms with Gasteiger partial charge in [-0.3, -0.25) is 9.52 Å². The Hall–Kier alpha value is -0.790. The lowest BCUT2D eigenvalue weighted by molar-refractivity contribution is -0.117. The van der Waals surface area contributed by atoms with E-state index in [4.69, 9.17) is 11.6 Å². The van der Waals surface area contributed by atoms with Crippen molar-refractivity contribution in [2.45, 2.75) is 18.2 Å². The third-order valence-electron chi connectivity index (χ3n) is 2.06. The second-order valence-electron chi connectivity index (χ2n) is 4.50. The fourth-order valence-corrected chi connectivity index (χ4v) is 2.12. The third kappa shape index (κ3) is 5.38. The number of benzene rings is 1. The predicted octanol–water partition coefficient (Wildman–Crippen LogP) is 2.82. The second kappa shape index (κ2) is 5.68. The van der Waals surface area contributed by atoms with Crippen LogP contribution in [0.15, 0.2) is 18.2 Å². The zero-order valence-corrected chi connectivity index (χ0v) is 13.8. The van der Waals surface area contributed by atoms with Crippen LogP contribution in [0.5, 0.6) is 0 Å². The summed E-state index contributed by atoms with van der Waals surface area (Å²) in [6, 6.07) is 4.53. The first-order chi connectivity index (χ1) is 8.49. The molecule has 0 saturated heterocycles. The zero-order valence-electron chi connectivity index (χ0n) is 10.6. The van der Waals surface area contributed by atoms with E-state index in [1.54, 1.807) is 19.9 Å². The molecule has 0 aliphatic rings. The lowest BCUT2D eigenvalue weighted by Crippen LogP contribution is -2.30. The fourth-order valence-electron chi connectivity index (χ4n) is 1.16. The smallest absolute Gasteiger partial charge is 0.240 e. The number of nitrogens with one attached hydrogen (secondary N) is 2. The van der Waals surface area contributed by atoms with Gasteiger partial charge in [-0.2, -0.15) is 0 Å². The lowest BCUT2D eigenvalue weighted by atomic mass is 10.2. The van der Waals surface area contributed by atoms with Gasteiger partial charge in [-0.25, -0.2) is 8.42 Å². The molecule has 1 aromatic carbocycles. The van der Waals surface area contributed by atoms with Crippen LogP contribution in [0.2, 0.25) is 5.02 Å². The van der Waals surface area contributed by atoms with Crippen molar-refractivity contribution in [2.24, 2.45) is 0 Å². The lowest BCUT2D eigenvalue weighted by Gasteiger charge is -2.16. The Morgan fingerprint density at radius 3 is 2.37 bits per heavy atom. The highest BCUT2D eigenvalue weighted by atomic mass is 79.9. The van der Waals surface area contributed by atoms with E-state index in [0.717, 1.165) is 6.26 Å². The molecule has 1 aromatic rings. The summed E-state index contributed by atoms with van der Waals surface area (Å²) in [5, 5.41) is 2.87. The van der Waals surface area contributed by atoms with E-state index in [2.05, 4.69) is 26.0 Å². The number of anilines is 2. The molecule has 0 saturated carbocycles. The van der Waals surface area contributed by atoms with Gasteiger partial charge in [0.2, 0.25) is 15.9 Å². The average Bonchev–Trinajstić information content (AvgIpc) is 2.19. The molecule has 1 amide bonds. The third-order valence-corrected chi connectivity index (χ3v) is 3.33. The van der Waals surface area contributed by atoms with Crippen molar-refractivity contribution in [1.82, 2.24) is 0 Å². The van der Waals surface area contributed by atoms with Gasteiger partial charge < -0.3 is 5.32 Å². The molecule has 19 heavy (non-hydrogen) atoms. The first kappa shape index (κ1) is 16.3. The van der Waals surface area contributed by atoms with Crippen molar-refractivity contribution in [3.63, 3.8) is 0 Å². The van der Waals surface area contributed by atoms with Crippen LogP contribution in [0.3, 0.4) is 0 Å². The highest BCUT2D eigenvalue weighted by Gasteiger charge is 2.23. The van der Waals surface area contributed by atoms with Crippen molar-refractivity contribution in [2.75, 3.05) is 16.3 Å². The van der Waals surface area contributed by atoms with Crippen molar-refractivity contribution in [3.8, 4) is 0 Å². The SMILES string of the molecule is CC(C)(Br)C(=O)Nc1ccc(NS(C)(=O)=O)c(Cl)c1. The van der Waals surface area contributed by atoms with E-state index < -0.39 is 14.3 Å². The summed E-state index contributed by atoms with van der Waals surface area (Å²) in [6.07, 6.45) is 1.03. The molecule has 8 heteroatoms. The fraction of sp³-hybridized carbons (Fsp3) is 0.364. The van der Waals surface area contributed by atoms with Gasteiger partial charge >= 0.3 is 0 Å². The number of carbonyl (C=O) groups excluding carboxylic acids is 1. The van der Waals surface area contributed by atoms with Crippen LogP contribution in [-0.4, -0.2) is 24.9 Å². The second-order valence-corrected chi connectivity index (χ2v) is 8.63. The molecule has 0 spiro atoms. The quantitative estimate of drug-likeness (QED) is 0.801. The summed E-state index contributed by atoms with van der Waals surface area (Å²) in [5.41, 5.74) is 0.752. The maximum atomic E-state index is 11.7. The number of hydrogen-bond acceptors (Lipinski definition) is 3. The summed E-state index contributed by atoms with van der Waals surface area (Å²) < 4.78 is 23.8. The number of hydrogen-bond donors (Lipinski definition) is 2. The summed E-state index contributed by atoms with van der Waals surface area (Å²) in [6.45, 7) is 3.42. The van der Waals surface area contributed by atoms with Gasteiger partial charge in [0.25, 0.3) is 0 Å². The molecular formula is C11H14BrClN2O3S. The monoisotopic (exact) mass is 368 g/mol. The number of amides is 1. The molecule has 106 valence electrons. The molecule has 0 aromatic heterocycles. The molecule has 0 fully saturated rings. The number of sulfonamides is 1. The van der Waals surface area contributed by atoms with Gasteiger partial charge in [0.15, 0.2) is 0 Å². The van der Waals surface area contributed by atoms with Crippen molar-refractivity contribution < 1.29 is 13.2 Å². The average molecular weight is 370 g/mol. The Morgan fingerprint density at radius 1 is 1.37 bits per heavy atom. The number of halogens is 2. The van der Waals surface area contributed by atoms with Crippen LogP contribution in [0.4, 0.5) is 11.4 Å². The van der Waals surface area contributed by atoms with Crippen LogP contribution in [0.1, 0.15) is 13.8 Å². The van der Waals surface area contributed by atoms with E-state index in [1.807, 2.05) is 0 Å². The molecule has 1 rings (SSSR count). The topological polar surface area (TPSA) is 75.3 Å². The predicted molar refractivity (Wildman–Crippen MR) is 81.6 cm³/mol. The van der Waals surface area contributed by atoms with E-state index in [9.17, 15) is 13.2 Å². The maximum Gasteiger partial charge on any atom is 0.240 e. The van der Waals surface area contributed by atoms with Gasteiger partial charge in [-0.05, 0) is 32.0 Å². The molecule has 0 atom stereocenters. The summed E-state index contributed by atoms with van der Waals surface area (Å²) >= 11 is 9.18. The Bertz CT molecular complexity index is 596. The first-order valence-electron chi connectivity index (χ1n) is 5.27. The van der Waals surface area contributed by atoms with Crippen LogP contribution < -0.4 is 10.0 Å². The zero-order chi connectivity index (χ0) is 14.8. The molecule has 2 N–H and O–H groups in total. The number of alkyl halides is 1. The van der Waals surface area contributed by atoms with Gasteiger partial charge in [-0.1, -0.05) is 27.5 Å². The number of rotatable bonds is 4. The molecule has 0 radical (unpaired) electrons. The Balaban J connectivity index is 2.92. The Kier molecular flexibility index (Phi) is 4.86. The first-order valence-corrected chi connectivity index (χ1v) is 8.33. The molecule has 0 aliphatic heterocycles. The minimum Gasteiger partial charge on any atom is -0.325 e. The maximum absolute atomic E-state index is 11.7. The highest BCUT2D eigenvalue weighted by Crippen LogP contribution is 2.27. The molecular weight excluding hydrogens is 356 g/mol. The van der Waals surface area contributed by atoms with E-state index >= 15 is 0 Å². The van der Waals surface area contributed by atoms with Crippen molar-refractivity contribution in [3.05, 3.63) is 23.2 Å². The summed E-state index contributed by atoms with van der Waals surface area (Å²) in [5.74, 6) is -0.229. The van der Waals surface area contributed by atoms with Gasteiger partial charge in [0.1, 0.15) is 0 Å². The molecule has 0 unspecified atom stereocenters. The number of carbonyl (C=O) groups is 1. The summed E-state index contributed by atoms with van der Waals surface area (Å²) in [4.78, 5) is 11.7. The highest BCUT2D eigenvalue weighted by molar-refractivity contribution is 9.10. The summed E-state index contributed by atoms with van der Waals surface area (Å²) in [7, 11) is -3.39. The molecule has 0 bridgehead atoms. The van der Waals surface area contributed by atoms with Crippen LogP contribution in [0, 0.1) is 0 Å². The normalized spacial score (nSPS) is 12.1. The van der Waals surface area contributed by atoms with E-state index in [-0.39, 0.29) is 16.6 Å². The Morgan fingerprint density at radius 2 is 1.95 bits per heavy atom. The van der Waals surface area contributed by atoms with Crippen LogP contribution in [0.25, 0.3) is 0 Å². The standard InChI is InChI=1S/C11H14BrClN2O3S/c1-11(2,12)10(16)14-7-4-5-9(8(13)6-7)15-19(3,17)18/h4-6,15H,1-3H3,(H,14,16). The van der Waals surface area contributed by atoms with Gasteiger partial charge in [0.05, 0.1) is 21.3 Å². The van der Waals surface area contributed by atoms with Crippen LogP contribution in [-0.2, 0) is 14.8 Å². The largest absolute Gasteiger partial charge is 0.325 e. The van der Waals surface area contributed by atoms with Gasteiger partial charge in [0, 0.05) is 5.69 Å². The van der Waals surface area contributed by atoms with Crippen molar-refractivity contribution >= 4 is 54.8 Å². The van der Waals surface area contributed by atoms with Crippen LogP contribution >= 0.6 is 27.5 Å². The van der Waals surface area contributed by atoms with E-state index in [0.29, 0.717) is 5.69 Å². The van der Waals surface area contributed by atoms with Gasteiger partial charge in [-0.15, -0.1) is 0 Å².